The van der Waals surface area contributed by atoms with Crippen LogP contribution in [0.4, 0.5) is 0 Å². The van der Waals surface area contributed by atoms with Crippen LogP contribution in [0.15, 0.2) is 22.7 Å². The van der Waals surface area contributed by atoms with Crippen molar-refractivity contribution in [1.82, 2.24) is 5.32 Å². The molecule has 0 bridgehead atoms. The number of benzene rings is 1. The summed E-state index contributed by atoms with van der Waals surface area (Å²) in [5.74, 6) is 2.54. The lowest BCUT2D eigenvalue weighted by Crippen LogP contribution is -2.19. The van der Waals surface area contributed by atoms with E-state index in [0.29, 0.717) is 12.6 Å². The van der Waals surface area contributed by atoms with Crippen LogP contribution in [0.5, 0.6) is 5.75 Å². The number of nitrogens with one attached hydrogen (secondary N) is 1. The number of halogens is 1. The first kappa shape index (κ1) is 12.9. The first-order valence-electron chi connectivity index (χ1n) is 6.26. The molecule has 1 aromatic carbocycles. The Kier molecular flexibility index (Phi) is 4.10. The maximum atomic E-state index is 5.50. The molecule has 0 aliphatic heterocycles. The molecule has 2 rings (SSSR count). The van der Waals surface area contributed by atoms with Crippen LogP contribution in [-0.2, 0) is 0 Å². The first-order valence-corrected chi connectivity index (χ1v) is 7.06. The van der Waals surface area contributed by atoms with Gasteiger partial charge in [0, 0.05) is 10.5 Å². The summed E-state index contributed by atoms with van der Waals surface area (Å²) < 4.78 is 6.64. The van der Waals surface area contributed by atoms with E-state index in [1.54, 1.807) is 0 Å². The van der Waals surface area contributed by atoms with Crippen LogP contribution >= 0.6 is 15.9 Å². The summed E-state index contributed by atoms with van der Waals surface area (Å²) in [7, 11) is 2.04. The third kappa shape index (κ3) is 2.83. The zero-order chi connectivity index (χ0) is 12.4. The Morgan fingerprint density at radius 1 is 1.53 bits per heavy atom. The molecule has 1 aromatic rings. The summed E-state index contributed by atoms with van der Waals surface area (Å²) in [6, 6.07) is 6.74. The van der Waals surface area contributed by atoms with E-state index in [2.05, 4.69) is 46.4 Å². The second-order valence-corrected chi connectivity index (χ2v) is 5.61. The van der Waals surface area contributed by atoms with Crippen LogP contribution in [0.1, 0.15) is 31.9 Å². The maximum Gasteiger partial charge on any atom is 0.120 e. The minimum absolute atomic E-state index is 0.454. The summed E-state index contributed by atoms with van der Waals surface area (Å²) in [5.41, 5.74) is 1.34. The van der Waals surface area contributed by atoms with Crippen molar-refractivity contribution in [3.05, 3.63) is 28.2 Å². The molecule has 0 radical (unpaired) electrons. The van der Waals surface area contributed by atoms with Crippen LogP contribution in [0.25, 0.3) is 0 Å². The molecular weight excluding hydrogens is 278 g/mol. The van der Waals surface area contributed by atoms with Gasteiger partial charge in [0.1, 0.15) is 5.75 Å². The number of rotatable bonds is 5. The molecule has 1 fully saturated rings. The zero-order valence-corrected chi connectivity index (χ0v) is 12.3. The minimum atomic E-state index is 0.454. The first-order chi connectivity index (χ1) is 8.17. The average molecular weight is 298 g/mol. The molecule has 0 heterocycles. The van der Waals surface area contributed by atoms with Gasteiger partial charge in [-0.05, 0) is 49.9 Å². The minimum Gasteiger partial charge on any atom is -0.494 e. The van der Waals surface area contributed by atoms with Gasteiger partial charge in [-0.15, -0.1) is 0 Å². The predicted molar refractivity (Wildman–Crippen MR) is 74.4 cm³/mol. The van der Waals surface area contributed by atoms with Gasteiger partial charge in [-0.3, -0.25) is 0 Å². The van der Waals surface area contributed by atoms with Gasteiger partial charge in [0.2, 0.25) is 0 Å². The highest BCUT2D eigenvalue weighted by Crippen LogP contribution is 2.48. The Hall–Kier alpha value is -0.540. The molecule has 0 saturated heterocycles. The summed E-state index contributed by atoms with van der Waals surface area (Å²) >= 11 is 3.65. The third-order valence-corrected chi connectivity index (χ3v) is 4.22. The van der Waals surface area contributed by atoms with Gasteiger partial charge in [0.05, 0.1) is 6.61 Å². The lowest BCUT2D eigenvalue weighted by atomic mass is 10.0. The van der Waals surface area contributed by atoms with Gasteiger partial charge < -0.3 is 10.1 Å². The standard InChI is InChI=1S/C14H20BrNO/c1-4-17-10-5-6-11(13(15)8-10)14(16-3)12-7-9(12)2/h5-6,8-9,12,14,16H,4,7H2,1-3H3. The van der Waals surface area contributed by atoms with Crippen molar-refractivity contribution in [3.63, 3.8) is 0 Å². The number of ether oxygens (including phenoxy) is 1. The molecule has 0 aromatic heterocycles. The van der Waals surface area contributed by atoms with E-state index >= 15 is 0 Å². The largest absolute Gasteiger partial charge is 0.494 e. The van der Waals surface area contributed by atoms with Crippen LogP contribution in [0.3, 0.4) is 0 Å². The van der Waals surface area contributed by atoms with Gasteiger partial charge in [-0.1, -0.05) is 28.9 Å². The Bertz CT molecular complexity index is 394. The molecule has 94 valence electrons. The highest BCUT2D eigenvalue weighted by Gasteiger charge is 2.40. The molecule has 1 N–H and O–H groups in total. The summed E-state index contributed by atoms with van der Waals surface area (Å²) in [5, 5.41) is 3.43. The van der Waals surface area contributed by atoms with E-state index < -0.39 is 0 Å². The highest BCUT2D eigenvalue weighted by molar-refractivity contribution is 9.10. The van der Waals surface area contributed by atoms with Crippen molar-refractivity contribution in [2.24, 2.45) is 11.8 Å². The van der Waals surface area contributed by atoms with Gasteiger partial charge in [0.15, 0.2) is 0 Å². The normalized spacial score (nSPS) is 24.5. The zero-order valence-electron chi connectivity index (χ0n) is 10.7. The van der Waals surface area contributed by atoms with E-state index in [0.717, 1.165) is 22.1 Å². The third-order valence-electron chi connectivity index (χ3n) is 3.53. The molecule has 17 heavy (non-hydrogen) atoms. The van der Waals surface area contributed by atoms with E-state index in [1.165, 1.54) is 12.0 Å². The molecule has 1 aliphatic carbocycles. The number of hydrogen-bond acceptors (Lipinski definition) is 2. The monoisotopic (exact) mass is 297 g/mol. The second-order valence-electron chi connectivity index (χ2n) is 4.76. The summed E-state index contributed by atoms with van der Waals surface area (Å²) in [6.45, 7) is 5.03. The van der Waals surface area contributed by atoms with E-state index in [-0.39, 0.29) is 0 Å². The SMILES string of the molecule is CCOc1ccc(C(NC)C2CC2C)c(Br)c1. The number of hydrogen-bond donors (Lipinski definition) is 1. The van der Waals surface area contributed by atoms with Gasteiger partial charge in [-0.2, -0.15) is 0 Å². The smallest absolute Gasteiger partial charge is 0.120 e. The Morgan fingerprint density at radius 3 is 2.71 bits per heavy atom. The van der Waals surface area contributed by atoms with Crippen LogP contribution < -0.4 is 10.1 Å². The second kappa shape index (κ2) is 5.40. The van der Waals surface area contributed by atoms with Crippen molar-refractivity contribution >= 4 is 15.9 Å². The van der Waals surface area contributed by atoms with Crippen molar-refractivity contribution in [2.75, 3.05) is 13.7 Å². The fraction of sp³-hybridized carbons (Fsp3) is 0.571. The molecule has 0 spiro atoms. The van der Waals surface area contributed by atoms with Gasteiger partial charge >= 0.3 is 0 Å². The lowest BCUT2D eigenvalue weighted by molar-refractivity contribution is 0.339. The van der Waals surface area contributed by atoms with Crippen molar-refractivity contribution in [2.45, 2.75) is 26.3 Å². The van der Waals surface area contributed by atoms with Gasteiger partial charge in [-0.25, -0.2) is 0 Å². The van der Waals surface area contributed by atoms with E-state index in [1.807, 2.05) is 14.0 Å². The van der Waals surface area contributed by atoms with Crippen molar-refractivity contribution in [3.8, 4) is 5.75 Å². The molecular formula is C14H20BrNO. The fourth-order valence-corrected chi connectivity index (χ4v) is 3.04. The van der Waals surface area contributed by atoms with Crippen LogP contribution in [0.2, 0.25) is 0 Å². The topological polar surface area (TPSA) is 21.3 Å². The molecule has 1 saturated carbocycles. The van der Waals surface area contributed by atoms with Crippen LogP contribution in [-0.4, -0.2) is 13.7 Å². The molecule has 3 heteroatoms. The highest BCUT2D eigenvalue weighted by atomic mass is 79.9. The fourth-order valence-electron chi connectivity index (χ4n) is 2.43. The Labute approximate surface area is 112 Å². The van der Waals surface area contributed by atoms with Gasteiger partial charge in [0.25, 0.3) is 0 Å². The summed E-state index contributed by atoms with van der Waals surface area (Å²) in [4.78, 5) is 0. The predicted octanol–water partition coefficient (Wildman–Crippen LogP) is 3.76. The molecule has 3 atom stereocenters. The van der Waals surface area contributed by atoms with E-state index in [9.17, 15) is 0 Å². The van der Waals surface area contributed by atoms with E-state index in [4.69, 9.17) is 4.74 Å². The molecule has 1 aliphatic rings. The maximum absolute atomic E-state index is 5.50. The van der Waals surface area contributed by atoms with Crippen molar-refractivity contribution < 1.29 is 4.74 Å². The van der Waals surface area contributed by atoms with Crippen molar-refractivity contribution in [1.29, 1.82) is 0 Å². The Morgan fingerprint density at radius 2 is 2.24 bits per heavy atom. The Balaban J connectivity index is 2.19. The average Bonchev–Trinajstić information content (AvgIpc) is 3.00. The molecule has 2 nitrogen and oxygen atoms in total. The summed E-state index contributed by atoms with van der Waals surface area (Å²) in [6.07, 6.45) is 1.32. The molecule has 3 unspecified atom stereocenters. The quantitative estimate of drug-likeness (QED) is 0.893. The molecule has 0 amide bonds. The van der Waals surface area contributed by atoms with Crippen LogP contribution in [0, 0.1) is 11.8 Å². The lowest BCUT2D eigenvalue weighted by Gasteiger charge is -2.18.